The molecule has 28 heavy (non-hydrogen) atoms. The van der Waals surface area contributed by atoms with E-state index in [1.807, 2.05) is 31.2 Å². The molecule has 0 spiro atoms. The smallest absolute Gasteiger partial charge is 0.235 e. The van der Waals surface area contributed by atoms with Gasteiger partial charge in [0.1, 0.15) is 10.6 Å². The SMILES string of the molecule is Cc1c(-c2nnc3sc(CN(C)Cc4ccccc4)nn23)oc2ccccc12. The lowest BCUT2D eigenvalue weighted by Gasteiger charge is -2.14. The summed E-state index contributed by atoms with van der Waals surface area (Å²) in [7, 11) is 2.10. The molecule has 0 aliphatic heterocycles. The zero-order valence-electron chi connectivity index (χ0n) is 15.7. The van der Waals surface area contributed by atoms with Crippen LogP contribution in [0.25, 0.3) is 27.5 Å². The summed E-state index contributed by atoms with van der Waals surface area (Å²) in [4.78, 5) is 3.02. The Bertz CT molecular complexity index is 1250. The van der Waals surface area contributed by atoms with Crippen LogP contribution in [0.1, 0.15) is 16.1 Å². The average Bonchev–Trinajstić information content (AvgIpc) is 3.36. The lowest BCUT2D eigenvalue weighted by molar-refractivity contribution is 0.317. The molecule has 0 aliphatic rings. The van der Waals surface area contributed by atoms with Gasteiger partial charge in [-0.05, 0) is 25.6 Å². The van der Waals surface area contributed by atoms with Gasteiger partial charge in [-0.1, -0.05) is 59.9 Å². The molecule has 2 aromatic carbocycles. The highest BCUT2D eigenvalue weighted by molar-refractivity contribution is 7.16. The molecule has 0 fully saturated rings. The van der Waals surface area contributed by atoms with Crippen LogP contribution in [0, 0.1) is 6.92 Å². The van der Waals surface area contributed by atoms with Gasteiger partial charge in [0.25, 0.3) is 0 Å². The van der Waals surface area contributed by atoms with E-state index in [9.17, 15) is 0 Å². The Morgan fingerprint density at radius 3 is 2.61 bits per heavy atom. The predicted octanol–water partition coefficient (Wildman–Crippen LogP) is 4.54. The van der Waals surface area contributed by atoms with Gasteiger partial charge in [-0.15, -0.1) is 10.2 Å². The van der Waals surface area contributed by atoms with E-state index in [4.69, 9.17) is 9.52 Å². The maximum atomic E-state index is 6.05. The van der Waals surface area contributed by atoms with Gasteiger partial charge in [0, 0.05) is 17.5 Å². The number of aromatic nitrogens is 4. The van der Waals surface area contributed by atoms with Crippen molar-refractivity contribution in [1.29, 1.82) is 0 Å². The third-order valence-electron chi connectivity index (χ3n) is 4.78. The monoisotopic (exact) mass is 389 g/mol. The number of fused-ring (bicyclic) bond motifs is 2. The Balaban J connectivity index is 1.44. The molecule has 0 bridgehead atoms. The summed E-state index contributed by atoms with van der Waals surface area (Å²) in [5, 5.41) is 15.5. The third kappa shape index (κ3) is 2.98. The number of benzene rings is 2. The average molecular weight is 389 g/mol. The largest absolute Gasteiger partial charge is 0.452 e. The van der Waals surface area contributed by atoms with Crippen molar-refractivity contribution in [1.82, 2.24) is 24.7 Å². The second-order valence-corrected chi connectivity index (χ2v) is 7.96. The molecule has 6 nitrogen and oxygen atoms in total. The number of nitrogens with zero attached hydrogens (tertiary/aromatic N) is 5. The quantitative estimate of drug-likeness (QED) is 0.442. The fraction of sp³-hybridized carbons (Fsp3) is 0.190. The van der Waals surface area contributed by atoms with Crippen molar-refractivity contribution >= 4 is 27.3 Å². The lowest BCUT2D eigenvalue weighted by Crippen LogP contribution is -2.17. The predicted molar refractivity (Wildman–Crippen MR) is 110 cm³/mol. The van der Waals surface area contributed by atoms with Gasteiger partial charge in [-0.2, -0.15) is 9.61 Å². The fourth-order valence-electron chi connectivity index (χ4n) is 3.43. The maximum Gasteiger partial charge on any atom is 0.235 e. The van der Waals surface area contributed by atoms with E-state index in [1.165, 1.54) is 5.56 Å². The Morgan fingerprint density at radius 2 is 1.79 bits per heavy atom. The molecule has 0 radical (unpaired) electrons. The summed E-state index contributed by atoms with van der Waals surface area (Å²) in [5.41, 5.74) is 3.19. The third-order valence-corrected chi connectivity index (χ3v) is 5.66. The van der Waals surface area contributed by atoms with E-state index < -0.39 is 0 Å². The van der Waals surface area contributed by atoms with Crippen molar-refractivity contribution < 1.29 is 4.42 Å². The molecule has 3 heterocycles. The first kappa shape index (κ1) is 17.1. The summed E-state index contributed by atoms with van der Waals surface area (Å²) >= 11 is 1.56. The Kier molecular flexibility index (Phi) is 4.18. The molecular weight excluding hydrogens is 370 g/mol. The van der Waals surface area contributed by atoms with E-state index in [1.54, 1.807) is 15.9 Å². The normalized spacial score (nSPS) is 11.8. The second-order valence-electron chi connectivity index (χ2n) is 6.92. The maximum absolute atomic E-state index is 6.05. The number of furan rings is 1. The summed E-state index contributed by atoms with van der Waals surface area (Å²) in [5.74, 6) is 1.38. The van der Waals surface area contributed by atoms with Crippen LogP contribution in [0.3, 0.4) is 0 Å². The van der Waals surface area contributed by atoms with Gasteiger partial charge < -0.3 is 4.42 Å². The molecule has 0 amide bonds. The molecule has 0 aliphatic carbocycles. The van der Waals surface area contributed by atoms with Crippen LogP contribution in [0.15, 0.2) is 59.0 Å². The van der Waals surface area contributed by atoms with Crippen LogP contribution in [0.5, 0.6) is 0 Å². The Hall–Kier alpha value is -3.03. The molecule has 140 valence electrons. The van der Waals surface area contributed by atoms with E-state index in [2.05, 4.69) is 52.5 Å². The van der Waals surface area contributed by atoms with Gasteiger partial charge >= 0.3 is 0 Å². The zero-order valence-corrected chi connectivity index (χ0v) is 16.5. The minimum Gasteiger partial charge on any atom is -0.452 e. The topological polar surface area (TPSA) is 59.5 Å². The molecule has 5 rings (SSSR count). The number of aryl methyl sites for hydroxylation is 1. The summed E-state index contributed by atoms with van der Waals surface area (Å²) < 4.78 is 7.84. The van der Waals surface area contributed by atoms with Crippen LogP contribution >= 0.6 is 11.3 Å². The highest BCUT2D eigenvalue weighted by Gasteiger charge is 2.20. The van der Waals surface area contributed by atoms with Crippen LogP contribution in [-0.4, -0.2) is 31.8 Å². The van der Waals surface area contributed by atoms with Crippen LogP contribution in [0.4, 0.5) is 0 Å². The van der Waals surface area contributed by atoms with Crippen molar-refractivity contribution in [3.05, 3.63) is 70.7 Å². The molecule has 3 aromatic heterocycles. The van der Waals surface area contributed by atoms with E-state index >= 15 is 0 Å². The van der Waals surface area contributed by atoms with Crippen molar-refractivity contribution in [2.24, 2.45) is 0 Å². The van der Waals surface area contributed by atoms with Crippen molar-refractivity contribution in [3.8, 4) is 11.6 Å². The zero-order chi connectivity index (χ0) is 19.1. The Morgan fingerprint density at radius 1 is 1.00 bits per heavy atom. The minimum absolute atomic E-state index is 0.650. The summed E-state index contributed by atoms with van der Waals surface area (Å²) in [6.07, 6.45) is 0. The summed E-state index contributed by atoms with van der Waals surface area (Å²) in [6, 6.07) is 18.4. The van der Waals surface area contributed by atoms with E-state index in [0.717, 1.165) is 45.4 Å². The Labute approximate surface area is 166 Å². The van der Waals surface area contributed by atoms with Gasteiger partial charge in [-0.25, -0.2) is 0 Å². The minimum atomic E-state index is 0.650. The molecule has 0 atom stereocenters. The van der Waals surface area contributed by atoms with Gasteiger partial charge in [0.2, 0.25) is 10.8 Å². The van der Waals surface area contributed by atoms with E-state index in [-0.39, 0.29) is 0 Å². The first-order valence-electron chi connectivity index (χ1n) is 9.11. The van der Waals surface area contributed by atoms with Crippen molar-refractivity contribution in [3.63, 3.8) is 0 Å². The molecule has 0 saturated heterocycles. The van der Waals surface area contributed by atoms with Crippen LogP contribution in [-0.2, 0) is 13.1 Å². The number of hydrogen-bond donors (Lipinski definition) is 0. The second kappa shape index (κ2) is 6.85. The first-order chi connectivity index (χ1) is 13.7. The molecular formula is C21H19N5OS. The number of hydrogen-bond acceptors (Lipinski definition) is 6. The molecule has 7 heteroatoms. The highest BCUT2D eigenvalue weighted by atomic mass is 32.1. The standard InChI is InChI=1S/C21H19N5OS/c1-14-16-10-6-7-11-17(16)27-19(14)20-22-23-21-26(20)24-18(28-21)13-25(2)12-15-8-4-3-5-9-15/h3-11H,12-13H2,1-2H3. The van der Waals surface area contributed by atoms with Gasteiger partial charge in [-0.3, -0.25) is 4.90 Å². The van der Waals surface area contributed by atoms with Crippen LogP contribution < -0.4 is 0 Å². The number of rotatable bonds is 5. The van der Waals surface area contributed by atoms with Gasteiger partial charge in [0.15, 0.2) is 5.76 Å². The number of para-hydroxylation sites is 1. The molecule has 5 aromatic rings. The van der Waals surface area contributed by atoms with Crippen molar-refractivity contribution in [2.45, 2.75) is 20.0 Å². The molecule has 0 unspecified atom stereocenters. The summed E-state index contributed by atoms with van der Waals surface area (Å²) in [6.45, 7) is 3.67. The molecule has 0 saturated carbocycles. The molecule has 0 N–H and O–H groups in total. The first-order valence-corrected chi connectivity index (χ1v) is 9.93. The van der Waals surface area contributed by atoms with Crippen molar-refractivity contribution in [2.75, 3.05) is 7.05 Å². The highest BCUT2D eigenvalue weighted by Crippen LogP contribution is 2.32. The van der Waals surface area contributed by atoms with E-state index in [0.29, 0.717) is 5.82 Å². The fourth-order valence-corrected chi connectivity index (χ4v) is 4.35. The van der Waals surface area contributed by atoms with Crippen LogP contribution in [0.2, 0.25) is 0 Å². The lowest BCUT2D eigenvalue weighted by atomic mass is 10.1. The van der Waals surface area contributed by atoms with Gasteiger partial charge in [0.05, 0.1) is 6.54 Å².